The average Bonchev–Trinajstić information content (AvgIpc) is 3.28. The first-order chi connectivity index (χ1) is 13.9. The largest absolute Gasteiger partial charge is 0.305 e. The van der Waals surface area contributed by atoms with Crippen LogP contribution in [0.4, 0.5) is 14.6 Å². The van der Waals surface area contributed by atoms with Crippen LogP contribution in [0.3, 0.4) is 0 Å². The lowest BCUT2D eigenvalue weighted by Crippen LogP contribution is -2.14. The molecule has 10 heteroatoms. The molecule has 2 N–H and O–H groups in total. The van der Waals surface area contributed by atoms with Crippen molar-refractivity contribution in [2.75, 3.05) is 5.32 Å². The van der Waals surface area contributed by atoms with Crippen molar-refractivity contribution in [2.45, 2.75) is 13.8 Å². The zero-order valence-corrected chi connectivity index (χ0v) is 15.4. The first-order valence-corrected chi connectivity index (χ1v) is 8.58. The maximum atomic E-state index is 13.9. The lowest BCUT2D eigenvalue weighted by atomic mass is 10.1. The summed E-state index contributed by atoms with van der Waals surface area (Å²) in [6.07, 6.45) is 1.31. The molecule has 4 rings (SSSR count). The van der Waals surface area contributed by atoms with Gasteiger partial charge in [-0.15, -0.1) is 0 Å². The number of aromatic nitrogens is 6. The fourth-order valence-corrected chi connectivity index (χ4v) is 2.85. The molecule has 3 aromatic heterocycles. The van der Waals surface area contributed by atoms with Gasteiger partial charge in [-0.1, -0.05) is 0 Å². The molecule has 0 spiro atoms. The molecule has 0 radical (unpaired) electrons. The normalized spacial score (nSPS) is 10.9. The molecule has 0 aliphatic heterocycles. The zero-order valence-electron chi connectivity index (χ0n) is 15.4. The number of halogens is 2. The average molecular weight is 395 g/mol. The van der Waals surface area contributed by atoms with Crippen molar-refractivity contribution in [3.63, 3.8) is 0 Å². The SMILES string of the molecule is Cc1cc(C)n(-c2cc(NC(=O)c3cc(-c4ccc(F)cc4F)n[nH]3)ncn2)n1. The number of carbonyl (C=O) groups excluding carboxylic acids is 1. The Morgan fingerprint density at radius 2 is 1.93 bits per heavy atom. The molecule has 0 aliphatic rings. The molecule has 0 saturated heterocycles. The quantitative estimate of drug-likeness (QED) is 0.553. The van der Waals surface area contributed by atoms with Gasteiger partial charge in [0, 0.05) is 23.4 Å². The summed E-state index contributed by atoms with van der Waals surface area (Å²) >= 11 is 0. The van der Waals surface area contributed by atoms with Crippen molar-refractivity contribution in [3.8, 4) is 17.1 Å². The van der Waals surface area contributed by atoms with E-state index in [9.17, 15) is 13.6 Å². The maximum Gasteiger partial charge on any atom is 0.274 e. The summed E-state index contributed by atoms with van der Waals surface area (Å²) in [6, 6.07) is 7.98. The van der Waals surface area contributed by atoms with Crippen molar-refractivity contribution in [3.05, 3.63) is 71.4 Å². The predicted molar refractivity (Wildman–Crippen MR) is 101 cm³/mol. The summed E-state index contributed by atoms with van der Waals surface area (Å²) in [5.41, 5.74) is 2.08. The Kier molecular flexibility index (Phi) is 4.59. The minimum atomic E-state index is -0.770. The van der Waals surface area contributed by atoms with Gasteiger partial charge in [0.1, 0.15) is 29.5 Å². The first kappa shape index (κ1) is 18.4. The summed E-state index contributed by atoms with van der Waals surface area (Å²) < 4.78 is 28.6. The zero-order chi connectivity index (χ0) is 20.5. The Bertz CT molecular complexity index is 1220. The van der Waals surface area contributed by atoms with Crippen molar-refractivity contribution < 1.29 is 13.6 Å². The van der Waals surface area contributed by atoms with Crippen LogP contribution < -0.4 is 5.32 Å². The second-order valence-electron chi connectivity index (χ2n) is 6.35. The third-order valence-electron chi connectivity index (χ3n) is 4.15. The van der Waals surface area contributed by atoms with E-state index in [-0.39, 0.29) is 22.8 Å². The molecule has 0 aliphatic carbocycles. The van der Waals surface area contributed by atoms with Crippen molar-refractivity contribution in [2.24, 2.45) is 0 Å². The van der Waals surface area contributed by atoms with Crippen molar-refractivity contribution >= 4 is 11.7 Å². The Balaban J connectivity index is 1.55. The van der Waals surface area contributed by atoms with Gasteiger partial charge in [-0.3, -0.25) is 9.89 Å². The van der Waals surface area contributed by atoms with E-state index in [1.54, 1.807) is 10.7 Å². The van der Waals surface area contributed by atoms with Crippen LogP contribution in [0.25, 0.3) is 17.1 Å². The van der Waals surface area contributed by atoms with Gasteiger partial charge in [-0.05, 0) is 38.1 Å². The fraction of sp³-hybridized carbons (Fsp3) is 0.105. The van der Waals surface area contributed by atoms with E-state index in [1.165, 1.54) is 18.5 Å². The van der Waals surface area contributed by atoms with Gasteiger partial charge in [-0.25, -0.2) is 23.4 Å². The number of rotatable bonds is 4. The fourth-order valence-electron chi connectivity index (χ4n) is 2.85. The topological polar surface area (TPSA) is 101 Å². The highest BCUT2D eigenvalue weighted by Gasteiger charge is 2.15. The lowest BCUT2D eigenvalue weighted by molar-refractivity contribution is 0.102. The van der Waals surface area contributed by atoms with Gasteiger partial charge in [0.05, 0.1) is 11.4 Å². The molecule has 0 unspecified atom stereocenters. The summed E-state index contributed by atoms with van der Waals surface area (Å²) in [5.74, 6) is -1.23. The van der Waals surface area contributed by atoms with Gasteiger partial charge < -0.3 is 5.32 Å². The van der Waals surface area contributed by atoms with E-state index in [4.69, 9.17) is 0 Å². The Morgan fingerprint density at radius 1 is 1.10 bits per heavy atom. The monoisotopic (exact) mass is 395 g/mol. The first-order valence-electron chi connectivity index (χ1n) is 8.58. The molecular formula is C19H15F2N7O. The Hall–Kier alpha value is -3.95. The molecule has 1 amide bonds. The second kappa shape index (κ2) is 7.23. The standard InChI is InChI=1S/C19H15F2N7O/c1-10-5-11(2)28(27-10)18-8-17(22-9-23-18)24-19(29)16-7-15(25-26-16)13-4-3-12(20)6-14(13)21/h3-9H,1-2H3,(H,25,26)(H,22,23,24,29). The van der Waals surface area contributed by atoms with Crippen LogP contribution >= 0.6 is 0 Å². The number of aryl methyl sites for hydroxylation is 2. The summed E-state index contributed by atoms with van der Waals surface area (Å²) in [5, 5.41) is 13.4. The van der Waals surface area contributed by atoms with Crippen LogP contribution in [0.1, 0.15) is 21.9 Å². The van der Waals surface area contributed by atoms with Crippen molar-refractivity contribution in [1.29, 1.82) is 0 Å². The molecule has 3 heterocycles. The number of H-pyrrole nitrogens is 1. The number of nitrogens with zero attached hydrogens (tertiary/aromatic N) is 5. The number of anilines is 1. The Morgan fingerprint density at radius 3 is 2.66 bits per heavy atom. The molecule has 0 bridgehead atoms. The van der Waals surface area contributed by atoms with Gasteiger partial charge >= 0.3 is 0 Å². The number of aromatic amines is 1. The third-order valence-corrected chi connectivity index (χ3v) is 4.15. The molecule has 1 aromatic carbocycles. The number of hydrogen-bond acceptors (Lipinski definition) is 5. The second-order valence-corrected chi connectivity index (χ2v) is 6.35. The summed E-state index contributed by atoms with van der Waals surface area (Å²) in [7, 11) is 0. The molecule has 4 aromatic rings. The highest BCUT2D eigenvalue weighted by molar-refractivity contribution is 6.03. The maximum absolute atomic E-state index is 13.9. The number of amides is 1. The van der Waals surface area contributed by atoms with Gasteiger partial charge in [0.25, 0.3) is 5.91 Å². The molecule has 146 valence electrons. The third kappa shape index (κ3) is 3.72. The van der Waals surface area contributed by atoms with Crippen LogP contribution in [0.5, 0.6) is 0 Å². The smallest absolute Gasteiger partial charge is 0.274 e. The minimum Gasteiger partial charge on any atom is -0.305 e. The van der Waals surface area contributed by atoms with E-state index in [0.717, 1.165) is 23.5 Å². The predicted octanol–water partition coefficient (Wildman–Crippen LogP) is 3.20. The molecule has 0 fully saturated rings. The van der Waals surface area contributed by atoms with E-state index in [1.807, 2.05) is 19.9 Å². The number of hydrogen-bond donors (Lipinski definition) is 2. The van der Waals surface area contributed by atoms with Crippen LogP contribution in [0, 0.1) is 25.5 Å². The number of carbonyl (C=O) groups is 1. The molecule has 8 nitrogen and oxygen atoms in total. The molecular weight excluding hydrogens is 380 g/mol. The van der Waals surface area contributed by atoms with Crippen LogP contribution in [-0.2, 0) is 0 Å². The van der Waals surface area contributed by atoms with Gasteiger partial charge in [0.2, 0.25) is 0 Å². The van der Waals surface area contributed by atoms with Crippen molar-refractivity contribution in [1.82, 2.24) is 29.9 Å². The number of benzene rings is 1. The van der Waals surface area contributed by atoms with Gasteiger partial charge in [0.15, 0.2) is 5.82 Å². The minimum absolute atomic E-state index is 0.0792. The van der Waals surface area contributed by atoms with E-state index < -0.39 is 17.5 Å². The van der Waals surface area contributed by atoms with E-state index in [0.29, 0.717) is 5.82 Å². The van der Waals surface area contributed by atoms with Crippen LogP contribution in [-0.4, -0.2) is 35.9 Å². The lowest BCUT2D eigenvalue weighted by Gasteiger charge is -2.06. The highest BCUT2D eigenvalue weighted by atomic mass is 19.1. The number of nitrogens with one attached hydrogen (secondary N) is 2. The van der Waals surface area contributed by atoms with Crippen LogP contribution in [0.2, 0.25) is 0 Å². The highest BCUT2D eigenvalue weighted by Crippen LogP contribution is 2.22. The van der Waals surface area contributed by atoms with Gasteiger partial charge in [-0.2, -0.15) is 10.2 Å². The summed E-state index contributed by atoms with van der Waals surface area (Å²) in [4.78, 5) is 20.7. The molecule has 0 saturated carbocycles. The van der Waals surface area contributed by atoms with E-state index >= 15 is 0 Å². The summed E-state index contributed by atoms with van der Waals surface area (Å²) in [6.45, 7) is 3.76. The van der Waals surface area contributed by atoms with Crippen LogP contribution in [0.15, 0.2) is 42.7 Å². The molecule has 0 atom stereocenters. The Labute approximate surface area is 163 Å². The van der Waals surface area contributed by atoms with E-state index in [2.05, 4.69) is 30.6 Å². The molecule has 29 heavy (non-hydrogen) atoms.